The van der Waals surface area contributed by atoms with Crippen LogP contribution in [0.2, 0.25) is 0 Å². The average molecular weight is 342 g/mol. The molecule has 0 aromatic heterocycles. The average Bonchev–Trinajstić information content (AvgIpc) is 2.62. The van der Waals surface area contributed by atoms with Crippen LogP contribution >= 0.6 is 0 Å². The highest BCUT2D eigenvalue weighted by atomic mass is 16.5. The zero-order valence-corrected chi connectivity index (χ0v) is 14.4. The van der Waals surface area contributed by atoms with E-state index in [0.717, 1.165) is 5.56 Å². The third-order valence-electron chi connectivity index (χ3n) is 3.36. The maximum absolute atomic E-state index is 12.3. The molecule has 0 fully saturated rings. The molecule has 0 heterocycles. The van der Waals surface area contributed by atoms with Crippen LogP contribution in [0.4, 0.5) is 5.69 Å². The van der Waals surface area contributed by atoms with Crippen molar-refractivity contribution < 1.29 is 19.1 Å². The van der Waals surface area contributed by atoms with Gasteiger partial charge in [0.15, 0.2) is 6.61 Å². The molecule has 0 atom stereocenters. The Balaban J connectivity index is 1.93. The topological polar surface area (TPSA) is 76.7 Å². The zero-order chi connectivity index (χ0) is 18.1. The fourth-order valence-electron chi connectivity index (χ4n) is 2.20. The predicted molar refractivity (Wildman–Crippen MR) is 95.7 cm³/mol. The molecule has 0 aliphatic rings. The van der Waals surface area contributed by atoms with Gasteiger partial charge in [0, 0.05) is 24.9 Å². The van der Waals surface area contributed by atoms with E-state index in [1.54, 1.807) is 43.5 Å². The van der Waals surface area contributed by atoms with Crippen LogP contribution in [0, 0.1) is 0 Å². The first-order valence-electron chi connectivity index (χ1n) is 8.01. The minimum atomic E-state index is -0.200. The number of ether oxygens (including phenoxy) is 2. The van der Waals surface area contributed by atoms with Crippen molar-refractivity contribution in [2.24, 2.45) is 0 Å². The molecular weight excluding hydrogens is 320 g/mol. The summed E-state index contributed by atoms with van der Waals surface area (Å²) in [4.78, 5) is 23.7. The molecule has 0 spiro atoms. The molecule has 2 N–H and O–H groups in total. The van der Waals surface area contributed by atoms with Crippen LogP contribution in [-0.2, 0) is 16.1 Å². The summed E-state index contributed by atoms with van der Waals surface area (Å²) in [7, 11) is 1.61. The van der Waals surface area contributed by atoms with E-state index >= 15 is 0 Å². The van der Waals surface area contributed by atoms with Gasteiger partial charge in [-0.25, -0.2) is 0 Å². The number of hydrogen-bond donors (Lipinski definition) is 2. The highest BCUT2D eigenvalue weighted by Gasteiger charge is 2.07. The van der Waals surface area contributed by atoms with Gasteiger partial charge in [0.25, 0.3) is 11.8 Å². The molecule has 6 heteroatoms. The van der Waals surface area contributed by atoms with E-state index in [1.807, 2.05) is 19.1 Å². The second-order valence-corrected chi connectivity index (χ2v) is 5.35. The Kier molecular flexibility index (Phi) is 6.98. The summed E-state index contributed by atoms with van der Waals surface area (Å²) < 4.78 is 10.4. The standard InChI is InChI=1S/C19H22N2O4/c1-3-20-18(22)13-25-17-9-7-16(8-10-17)21-19(23)15-6-4-5-14(11-15)12-24-2/h4-11H,3,12-13H2,1-2H3,(H,20,22)(H,21,23). The van der Waals surface area contributed by atoms with E-state index in [0.29, 0.717) is 30.2 Å². The van der Waals surface area contributed by atoms with Crippen molar-refractivity contribution >= 4 is 17.5 Å². The highest BCUT2D eigenvalue weighted by Crippen LogP contribution is 2.17. The number of carbonyl (C=O) groups excluding carboxylic acids is 2. The number of benzene rings is 2. The molecule has 25 heavy (non-hydrogen) atoms. The van der Waals surface area contributed by atoms with E-state index in [4.69, 9.17) is 9.47 Å². The maximum Gasteiger partial charge on any atom is 0.257 e. The zero-order valence-electron chi connectivity index (χ0n) is 14.4. The summed E-state index contributed by atoms with van der Waals surface area (Å²) in [6, 6.07) is 14.1. The number of nitrogens with one attached hydrogen (secondary N) is 2. The highest BCUT2D eigenvalue weighted by molar-refractivity contribution is 6.04. The molecule has 0 radical (unpaired) electrons. The first-order chi connectivity index (χ1) is 12.1. The van der Waals surface area contributed by atoms with Gasteiger partial charge >= 0.3 is 0 Å². The van der Waals surface area contributed by atoms with Gasteiger partial charge in [-0.1, -0.05) is 12.1 Å². The molecule has 0 aliphatic heterocycles. The van der Waals surface area contributed by atoms with Gasteiger partial charge in [0.1, 0.15) is 5.75 Å². The van der Waals surface area contributed by atoms with Crippen molar-refractivity contribution in [3.8, 4) is 5.75 Å². The number of rotatable bonds is 8. The molecule has 0 saturated heterocycles. The van der Waals surface area contributed by atoms with Gasteiger partial charge in [-0.2, -0.15) is 0 Å². The van der Waals surface area contributed by atoms with E-state index in [-0.39, 0.29) is 18.4 Å². The van der Waals surface area contributed by atoms with Crippen LogP contribution in [0.3, 0.4) is 0 Å². The second-order valence-electron chi connectivity index (χ2n) is 5.35. The fourth-order valence-corrected chi connectivity index (χ4v) is 2.20. The summed E-state index contributed by atoms with van der Waals surface area (Å²) in [6.45, 7) is 2.84. The molecule has 2 aromatic rings. The first-order valence-corrected chi connectivity index (χ1v) is 8.01. The Hall–Kier alpha value is -2.86. The van der Waals surface area contributed by atoms with E-state index in [1.165, 1.54) is 0 Å². The lowest BCUT2D eigenvalue weighted by atomic mass is 10.1. The number of anilines is 1. The summed E-state index contributed by atoms with van der Waals surface area (Å²) in [5, 5.41) is 5.48. The molecule has 0 saturated carbocycles. The number of hydrogen-bond acceptors (Lipinski definition) is 4. The lowest BCUT2D eigenvalue weighted by molar-refractivity contribution is -0.122. The molecule has 0 aliphatic carbocycles. The summed E-state index contributed by atoms with van der Waals surface area (Å²) >= 11 is 0. The van der Waals surface area contributed by atoms with Gasteiger partial charge in [-0.05, 0) is 48.9 Å². The minimum Gasteiger partial charge on any atom is -0.484 e. The SMILES string of the molecule is CCNC(=O)COc1ccc(NC(=O)c2cccc(COC)c2)cc1. The van der Waals surface area contributed by atoms with Crippen LogP contribution in [-0.4, -0.2) is 32.1 Å². The van der Waals surface area contributed by atoms with Crippen LogP contribution in [0.5, 0.6) is 5.75 Å². The second kappa shape index (κ2) is 9.44. The van der Waals surface area contributed by atoms with Crippen molar-refractivity contribution in [2.75, 3.05) is 25.6 Å². The van der Waals surface area contributed by atoms with Crippen LogP contribution < -0.4 is 15.4 Å². The number of methoxy groups -OCH3 is 1. The van der Waals surface area contributed by atoms with Gasteiger partial charge in [-0.3, -0.25) is 9.59 Å². The largest absolute Gasteiger partial charge is 0.484 e. The van der Waals surface area contributed by atoms with Gasteiger partial charge in [0.05, 0.1) is 6.61 Å². The monoisotopic (exact) mass is 342 g/mol. The Morgan fingerprint density at radius 2 is 1.84 bits per heavy atom. The number of carbonyl (C=O) groups is 2. The minimum absolute atomic E-state index is 0.0359. The van der Waals surface area contributed by atoms with Gasteiger partial charge in [0.2, 0.25) is 0 Å². The van der Waals surface area contributed by atoms with Crippen LogP contribution in [0.1, 0.15) is 22.8 Å². The van der Waals surface area contributed by atoms with Gasteiger partial charge < -0.3 is 20.1 Å². The van der Waals surface area contributed by atoms with E-state index in [9.17, 15) is 9.59 Å². The fraction of sp³-hybridized carbons (Fsp3) is 0.263. The quantitative estimate of drug-likeness (QED) is 0.773. The van der Waals surface area contributed by atoms with Crippen LogP contribution in [0.15, 0.2) is 48.5 Å². The van der Waals surface area contributed by atoms with E-state index < -0.39 is 0 Å². The predicted octanol–water partition coefficient (Wildman–Crippen LogP) is 2.60. The molecule has 2 rings (SSSR count). The van der Waals surface area contributed by atoms with Crippen molar-refractivity contribution in [1.29, 1.82) is 0 Å². The first kappa shape index (κ1) is 18.5. The Morgan fingerprint density at radius 1 is 1.08 bits per heavy atom. The van der Waals surface area contributed by atoms with Crippen molar-refractivity contribution in [3.63, 3.8) is 0 Å². The lowest BCUT2D eigenvalue weighted by Gasteiger charge is -2.09. The van der Waals surface area contributed by atoms with Crippen molar-refractivity contribution in [3.05, 3.63) is 59.7 Å². The summed E-state index contributed by atoms with van der Waals surface area (Å²) in [6.07, 6.45) is 0. The van der Waals surface area contributed by atoms with Crippen LogP contribution in [0.25, 0.3) is 0 Å². The van der Waals surface area contributed by atoms with E-state index in [2.05, 4.69) is 10.6 Å². The molecule has 2 aromatic carbocycles. The third kappa shape index (κ3) is 5.93. The summed E-state index contributed by atoms with van der Waals surface area (Å²) in [5.74, 6) is 0.191. The molecule has 6 nitrogen and oxygen atoms in total. The Morgan fingerprint density at radius 3 is 2.52 bits per heavy atom. The molecule has 132 valence electrons. The normalized spacial score (nSPS) is 10.2. The smallest absolute Gasteiger partial charge is 0.257 e. The lowest BCUT2D eigenvalue weighted by Crippen LogP contribution is -2.28. The van der Waals surface area contributed by atoms with Crippen molar-refractivity contribution in [2.45, 2.75) is 13.5 Å². The third-order valence-corrected chi connectivity index (χ3v) is 3.36. The Labute approximate surface area is 147 Å². The maximum atomic E-state index is 12.3. The Bertz CT molecular complexity index is 714. The molecule has 2 amide bonds. The number of likely N-dealkylation sites (N-methyl/N-ethyl adjacent to an activating group) is 1. The van der Waals surface area contributed by atoms with Gasteiger partial charge in [-0.15, -0.1) is 0 Å². The molecule has 0 unspecified atom stereocenters. The molecular formula is C19H22N2O4. The summed E-state index contributed by atoms with van der Waals surface area (Å²) in [5.41, 5.74) is 2.14. The van der Waals surface area contributed by atoms with Crippen molar-refractivity contribution in [1.82, 2.24) is 5.32 Å². The number of amides is 2. The molecule has 0 bridgehead atoms.